The van der Waals surface area contributed by atoms with Crippen LogP contribution in [0.15, 0.2) is 0 Å². The average molecular weight is 324 g/mol. The molecule has 4 nitrogen and oxygen atoms in total. The summed E-state index contributed by atoms with van der Waals surface area (Å²) < 4.78 is 0. The standard InChI is InChI=1S/C13H22N2O2S2.Na/c1-4-6-8-19-9(3)13(7-5-2)10(16)14-12(18)15-11(13)17;/h9H,4-8H2,1-3H3,(H2,14,15,16,17,18);/q;+1/p-1. The van der Waals surface area contributed by atoms with Gasteiger partial charge in [0.15, 0.2) is 11.8 Å². The molecular weight excluding hydrogens is 303 g/mol. The topological polar surface area (TPSA) is 60.3 Å². The number of unbranched alkanes of at least 4 members (excludes halogenated alkanes) is 1. The molecule has 1 rings (SSSR count). The first-order chi connectivity index (χ1) is 8.98. The molecule has 1 aliphatic rings. The Kier molecular flexibility index (Phi) is 9.59. The van der Waals surface area contributed by atoms with E-state index in [1.807, 2.05) is 13.8 Å². The maximum atomic E-state index is 12.3. The number of carbonyl (C=O) groups is 2. The summed E-state index contributed by atoms with van der Waals surface area (Å²) in [6, 6.07) is 0. The molecule has 0 aromatic rings. The molecule has 0 bridgehead atoms. The second kappa shape index (κ2) is 9.41. The van der Waals surface area contributed by atoms with Gasteiger partial charge in [-0.25, -0.2) is 0 Å². The minimum atomic E-state index is -1.05. The summed E-state index contributed by atoms with van der Waals surface area (Å²) in [4.78, 5) is 24.6. The molecule has 1 saturated heterocycles. The summed E-state index contributed by atoms with van der Waals surface area (Å²) in [5, 5.41) is 6.26. The van der Waals surface area contributed by atoms with E-state index in [-0.39, 0.29) is 51.7 Å². The number of hydrogen-bond donors (Lipinski definition) is 1. The van der Waals surface area contributed by atoms with E-state index < -0.39 is 5.41 Å². The van der Waals surface area contributed by atoms with E-state index in [0.717, 1.165) is 25.0 Å². The molecule has 0 aromatic heterocycles. The maximum Gasteiger partial charge on any atom is 1.00 e. The van der Waals surface area contributed by atoms with Gasteiger partial charge in [-0.05, 0) is 18.6 Å². The zero-order chi connectivity index (χ0) is 14.5. The predicted octanol–water partition coefficient (Wildman–Crippen LogP) is 0.0137. The van der Waals surface area contributed by atoms with Crippen molar-refractivity contribution in [1.82, 2.24) is 5.32 Å². The van der Waals surface area contributed by atoms with Crippen LogP contribution in [0, 0.1) is 5.41 Å². The molecule has 1 fully saturated rings. The van der Waals surface area contributed by atoms with Gasteiger partial charge in [-0.2, -0.15) is 11.8 Å². The van der Waals surface area contributed by atoms with Crippen molar-refractivity contribution < 1.29 is 39.1 Å². The monoisotopic (exact) mass is 324 g/mol. The molecule has 0 saturated carbocycles. The Balaban J connectivity index is 0.00000361. The van der Waals surface area contributed by atoms with Crippen molar-refractivity contribution in [2.24, 2.45) is 5.41 Å². The van der Waals surface area contributed by atoms with E-state index in [1.54, 1.807) is 11.8 Å². The molecule has 20 heavy (non-hydrogen) atoms. The molecule has 1 heterocycles. The fourth-order valence-electron chi connectivity index (χ4n) is 2.25. The van der Waals surface area contributed by atoms with Crippen molar-refractivity contribution in [2.75, 3.05) is 5.75 Å². The molecule has 2 unspecified atom stereocenters. The van der Waals surface area contributed by atoms with Gasteiger partial charge in [0, 0.05) is 10.4 Å². The first kappa shape index (κ1) is 20.4. The van der Waals surface area contributed by atoms with Crippen molar-refractivity contribution >= 4 is 40.9 Å². The Morgan fingerprint density at radius 3 is 2.50 bits per heavy atom. The number of thioether (sulfide) groups is 1. The SMILES string of the molecule is CCCCSC(C)C1(CCC)C(=O)[N-]C(=S)NC1=O.[Na+]. The summed E-state index contributed by atoms with van der Waals surface area (Å²) in [6.07, 6.45) is 3.47. The molecule has 2 atom stereocenters. The minimum Gasteiger partial charge on any atom is -0.418 e. The summed E-state index contributed by atoms with van der Waals surface area (Å²) in [7, 11) is 0. The van der Waals surface area contributed by atoms with E-state index in [9.17, 15) is 9.59 Å². The molecule has 0 radical (unpaired) electrons. The first-order valence-corrected chi connectivity index (χ1v) is 8.17. The van der Waals surface area contributed by atoms with E-state index >= 15 is 0 Å². The van der Waals surface area contributed by atoms with Crippen molar-refractivity contribution in [3.8, 4) is 0 Å². The molecule has 1 aliphatic heterocycles. The number of carbonyl (C=O) groups excluding carboxylic acids is 2. The summed E-state index contributed by atoms with van der Waals surface area (Å²) in [5.74, 6) is 0.296. The van der Waals surface area contributed by atoms with Gasteiger partial charge in [0.2, 0.25) is 0 Å². The van der Waals surface area contributed by atoms with Crippen LogP contribution in [0.2, 0.25) is 0 Å². The maximum absolute atomic E-state index is 12.3. The van der Waals surface area contributed by atoms with Crippen molar-refractivity contribution in [1.29, 1.82) is 0 Å². The molecular formula is C13H21N2NaO2S2. The fraction of sp³-hybridized carbons (Fsp3) is 0.769. The number of amides is 2. The van der Waals surface area contributed by atoms with Crippen LogP contribution < -0.4 is 34.9 Å². The van der Waals surface area contributed by atoms with Crippen LogP contribution in [0.4, 0.5) is 0 Å². The average Bonchev–Trinajstić information content (AvgIpc) is 2.34. The van der Waals surface area contributed by atoms with Crippen LogP contribution in [0.25, 0.3) is 5.32 Å². The quantitative estimate of drug-likeness (QED) is 0.310. The van der Waals surface area contributed by atoms with Crippen LogP contribution in [0.3, 0.4) is 0 Å². The summed E-state index contributed by atoms with van der Waals surface area (Å²) >= 11 is 6.48. The number of rotatable bonds is 7. The first-order valence-electron chi connectivity index (χ1n) is 6.72. The van der Waals surface area contributed by atoms with Gasteiger partial charge >= 0.3 is 29.6 Å². The van der Waals surface area contributed by atoms with Gasteiger partial charge in [0.25, 0.3) is 0 Å². The normalized spacial score (nSPS) is 23.6. The second-order valence-corrected chi connectivity index (χ2v) is 6.60. The van der Waals surface area contributed by atoms with Gasteiger partial charge in [0.1, 0.15) is 5.41 Å². The van der Waals surface area contributed by atoms with Gasteiger partial charge in [-0.3, -0.25) is 9.59 Å². The van der Waals surface area contributed by atoms with Crippen LogP contribution in [-0.4, -0.2) is 27.9 Å². The summed E-state index contributed by atoms with van der Waals surface area (Å²) in [5.41, 5.74) is -1.05. The molecule has 7 heteroatoms. The van der Waals surface area contributed by atoms with Gasteiger partial charge < -0.3 is 10.6 Å². The fourth-order valence-corrected chi connectivity index (χ4v) is 3.84. The Labute approximate surface area is 152 Å². The van der Waals surface area contributed by atoms with E-state index in [2.05, 4.69) is 17.6 Å². The number of hydrogen-bond acceptors (Lipinski definition) is 4. The summed E-state index contributed by atoms with van der Waals surface area (Å²) in [6.45, 7) is 6.04. The smallest absolute Gasteiger partial charge is 0.418 e. The number of thiocarbonyl (C=S) groups is 1. The molecule has 1 N–H and O–H groups in total. The zero-order valence-corrected chi connectivity index (χ0v) is 16.3. The van der Waals surface area contributed by atoms with Crippen LogP contribution in [-0.2, 0) is 9.59 Å². The molecule has 0 spiro atoms. The van der Waals surface area contributed by atoms with E-state index in [0.29, 0.717) is 6.42 Å². The van der Waals surface area contributed by atoms with Crippen LogP contribution >= 0.6 is 24.0 Å². The molecule has 2 amide bonds. The molecule has 0 aromatic carbocycles. The Morgan fingerprint density at radius 2 is 2.00 bits per heavy atom. The predicted molar refractivity (Wildman–Crippen MR) is 83.3 cm³/mol. The third-order valence-corrected chi connectivity index (χ3v) is 5.03. The van der Waals surface area contributed by atoms with Crippen LogP contribution in [0.5, 0.6) is 0 Å². The van der Waals surface area contributed by atoms with E-state index in [4.69, 9.17) is 12.2 Å². The third-order valence-electron chi connectivity index (χ3n) is 3.41. The van der Waals surface area contributed by atoms with Crippen molar-refractivity contribution in [2.45, 2.75) is 51.7 Å². The van der Waals surface area contributed by atoms with E-state index in [1.165, 1.54) is 0 Å². The Bertz CT molecular complexity index is 357. The largest absolute Gasteiger partial charge is 1.00 e. The zero-order valence-electron chi connectivity index (χ0n) is 12.7. The number of nitrogens with zero attached hydrogens (tertiary/aromatic N) is 1. The second-order valence-electron chi connectivity index (χ2n) is 4.76. The Morgan fingerprint density at radius 1 is 1.35 bits per heavy atom. The van der Waals surface area contributed by atoms with Gasteiger partial charge in [0.05, 0.1) is 0 Å². The van der Waals surface area contributed by atoms with Crippen molar-refractivity contribution in [3.63, 3.8) is 0 Å². The third kappa shape index (κ3) is 4.44. The minimum absolute atomic E-state index is 0. The van der Waals surface area contributed by atoms with Crippen molar-refractivity contribution in [3.05, 3.63) is 5.32 Å². The van der Waals surface area contributed by atoms with Gasteiger partial charge in [-0.15, -0.1) is 0 Å². The Hall–Kier alpha value is 0.380. The number of nitrogens with one attached hydrogen (secondary N) is 1. The van der Waals surface area contributed by atoms with Crippen LogP contribution in [0.1, 0.15) is 46.5 Å². The molecule has 0 aliphatic carbocycles. The molecule has 108 valence electrons. The van der Waals surface area contributed by atoms with Gasteiger partial charge in [-0.1, -0.05) is 45.8 Å².